The molecule has 0 radical (unpaired) electrons. The number of nitrogens with one attached hydrogen (secondary N) is 1. The number of para-hydroxylation sites is 2. The van der Waals surface area contributed by atoms with Crippen LogP contribution in [0.1, 0.15) is 19.8 Å². The predicted octanol–water partition coefficient (Wildman–Crippen LogP) is 1.68. The highest BCUT2D eigenvalue weighted by atomic mass is 16.3. The third-order valence-electron chi connectivity index (χ3n) is 3.91. The standard InChI is InChI=1S/C14H21N3O/c1-2-17-13-8-4-3-7-12(13)15-14(17)16-9-5-6-11(18)10-16/h3-4,7-8,11,14-15,18H,2,5-6,9-10H2,1H3/t11-,14?/m0/s1. The Morgan fingerprint density at radius 2 is 2.22 bits per heavy atom. The summed E-state index contributed by atoms with van der Waals surface area (Å²) in [5, 5.41) is 13.4. The van der Waals surface area contributed by atoms with Gasteiger partial charge in [-0.05, 0) is 31.9 Å². The number of rotatable bonds is 2. The van der Waals surface area contributed by atoms with Gasteiger partial charge in [-0.1, -0.05) is 12.1 Å². The van der Waals surface area contributed by atoms with Gasteiger partial charge in [0.15, 0.2) is 6.29 Å². The molecule has 2 atom stereocenters. The van der Waals surface area contributed by atoms with Crippen LogP contribution in [-0.4, -0.2) is 42.0 Å². The number of β-amino-alcohol motifs (C(OH)–C–C–N with tert-alkyl or cyclic N) is 1. The molecular weight excluding hydrogens is 226 g/mol. The summed E-state index contributed by atoms with van der Waals surface area (Å²) >= 11 is 0. The summed E-state index contributed by atoms with van der Waals surface area (Å²) in [6, 6.07) is 8.42. The zero-order chi connectivity index (χ0) is 12.5. The van der Waals surface area contributed by atoms with E-state index < -0.39 is 0 Å². The van der Waals surface area contributed by atoms with Crippen LogP contribution in [0.15, 0.2) is 24.3 Å². The van der Waals surface area contributed by atoms with Crippen molar-refractivity contribution in [2.45, 2.75) is 32.2 Å². The number of hydrogen-bond acceptors (Lipinski definition) is 4. The summed E-state index contributed by atoms with van der Waals surface area (Å²) in [5.41, 5.74) is 2.47. The molecule has 1 saturated heterocycles. The minimum absolute atomic E-state index is 0.178. The van der Waals surface area contributed by atoms with E-state index in [0.29, 0.717) is 0 Å². The van der Waals surface area contributed by atoms with Crippen molar-refractivity contribution in [1.82, 2.24) is 4.90 Å². The molecule has 2 aliphatic rings. The average molecular weight is 247 g/mol. The van der Waals surface area contributed by atoms with E-state index in [9.17, 15) is 5.11 Å². The SMILES string of the molecule is CCN1c2ccccc2NC1N1CCC[C@H](O)C1. The second-order valence-electron chi connectivity index (χ2n) is 5.11. The Morgan fingerprint density at radius 3 is 3.00 bits per heavy atom. The molecule has 1 aromatic rings. The Balaban J connectivity index is 1.82. The molecule has 0 bridgehead atoms. The molecule has 18 heavy (non-hydrogen) atoms. The maximum atomic E-state index is 9.83. The van der Waals surface area contributed by atoms with Crippen molar-refractivity contribution in [2.75, 3.05) is 29.9 Å². The fraction of sp³-hybridized carbons (Fsp3) is 0.571. The lowest BCUT2D eigenvalue weighted by molar-refractivity contribution is 0.0534. The second-order valence-corrected chi connectivity index (χ2v) is 5.11. The van der Waals surface area contributed by atoms with Gasteiger partial charge in [0.2, 0.25) is 0 Å². The van der Waals surface area contributed by atoms with Crippen LogP contribution in [0.4, 0.5) is 11.4 Å². The highest BCUT2D eigenvalue weighted by Gasteiger charge is 2.33. The first kappa shape index (κ1) is 11.8. The largest absolute Gasteiger partial charge is 0.392 e. The molecule has 1 unspecified atom stereocenters. The van der Waals surface area contributed by atoms with Crippen LogP contribution in [0.2, 0.25) is 0 Å². The predicted molar refractivity (Wildman–Crippen MR) is 73.7 cm³/mol. The van der Waals surface area contributed by atoms with E-state index in [1.807, 2.05) is 0 Å². The number of benzene rings is 1. The van der Waals surface area contributed by atoms with E-state index in [1.54, 1.807) is 0 Å². The van der Waals surface area contributed by atoms with E-state index in [-0.39, 0.29) is 12.4 Å². The molecule has 4 heteroatoms. The van der Waals surface area contributed by atoms with Crippen LogP contribution < -0.4 is 10.2 Å². The number of anilines is 2. The Hall–Kier alpha value is -1.26. The van der Waals surface area contributed by atoms with Gasteiger partial charge in [0.25, 0.3) is 0 Å². The summed E-state index contributed by atoms with van der Waals surface area (Å²) in [6.45, 7) is 4.97. The Morgan fingerprint density at radius 1 is 1.39 bits per heavy atom. The minimum atomic E-state index is -0.178. The van der Waals surface area contributed by atoms with Crippen LogP contribution in [0.3, 0.4) is 0 Å². The Kier molecular flexibility index (Phi) is 3.14. The molecule has 0 aromatic heterocycles. The van der Waals surface area contributed by atoms with E-state index in [2.05, 4.69) is 46.3 Å². The van der Waals surface area contributed by atoms with Crippen molar-refractivity contribution in [2.24, 2.45) is 0 Å². The molecule has 0 spiro atoms. The van der Waals surface area contributed by atoms with Crippen molar-refractivity contribution in [3.05, 3.63) is 24.3 Å². The van der Waals surface area contributed by atoms with Crippen molar-refractivity contribution < 1.29 is 5.11 Å². The zero-order valence-corrected chi connectivity index (χ0v) is 10.8. The molecule has 2 heterocycles. The van der Waals surface area contributed by atoms with Crippen LogP contribution >= 0.6 is 0 Å². The number of fused-ring (bicyclic) bond motifs is 1. The molecule has 0 saturated carbocycles. The third-order valence-corrected chi connectivity index (χ3v) is 3.91. The number of piperidine rings is 1. The van der Waals surface area contributed by atoms with E-state index in [0.717, 1.165) is 32.5 Å². The van der Waals surface area contributed by atoms with Gasteiger partial charge in [-0.15, -0.1) is 0 Å². The molecule has 1 aromatic carbocycles. The van der Waals surface area contributed by atoms with Crippen LogP contribution in [0.25, 0.3) is 0 Å². The molecule has 3 rings (SSSR count). The third kappa shape index (κ3) is 1.95. The van der Waals surface area contributed by atoms with Gasteiger partial charge in [0.05, 0.1) is 17.5 Å². The smallest absolute Gasteiger partial charge is 0.158 e. The highest BCUT2D eigenvalue weighted by Crippen LogP contribution is 2.35. The lowest BCUT2D eigenvalue weighted by atomic mass is 10.1. The molecule has 2 aliphatic heterocycles. The van der Waals surface area contributed by atoms with E-state index >= 15 is 0 Å². The first-order valence-corrected chi connectivity index (χ1v) is 6.84. The van der Waals surface area contributed by atoms with Crippen LogP contribution in [0.5, 0.6) is 0 Å². The second kappa shape index (κ2) is 4.78. The molecule has 98 valence electrons. The fourth-order valence-electron chi connectivity index (χ4n) is 3.03. The first-order valence-electron chi connectivity index (χ1n) is 6.84. The summed E-state index contributed by atoms with van der Waals surface area (Å²) < 4.78 is 0. The number of aliphatic hydroxyl groups excluding tert-OH is 1. The fourth-order valence-corrected chi connectivity index (χ4v) is 3.03. The van der Waals surface area contributed by atoms with Gasteiger partial charge >= 0.3 is 0 Å². The summed E-state index contributed by atoms with van der Waals surface area (Å²) in [7, 11) is 0. The van der Waals surface area contributed by atoms with Crippen LogP contribution in [0, 0.1) is 0 Å². The van der Waals surface area contributed by atoms with E-state index in [1.165, 1.54) is 11.4 Å². The zero-order valence-electron chi connectivity index (χ0n) is 10.8. The normalized spacial score (nSPS) is 28.0. The highest BCUT2D eigenvalue weighted by molar-refractivity contribution is 5.75. The van der Waals surface area contributed by atoms with Gasteiger partial charge in [-0.25, -0.2) is 0 Å². The van der Waals surface area contributed by atoms with Crippen molar-refractivity contribution in [3.8, 4) is 0 Å². The van der Waals surface area contributed by atoms with Crippen molar-refractivity contribution in [1.29, 1.82) is 0 Å². The van der Waals surface area contributed by atoms with Gasteiger partial charge in [-0.3, -0.25) is 4.90 Å². The number of nitrogens with zero attached hydrogens (tertiary/aromatic N) is 2. The van der Waals surface area contributed by atoms with E-state index in [4.69, 9.17) is 0 Å². The first-order chi connectivity index (χ1) is 8.79. The van der Waals surface area contributed by atoms with Gasteiger partial charge in [0.1, 0.15) is 0 Å². The number of likely N-dealkylation sites (tertiary alicyclic amines) is 1. The van der Waals surface area contributed by atoms with Crippen molar-refractivity contribution in [3.63, 3.8) is 0 Å². The van der Waals surface area contributed by atoms with Gasteiger partial charge < -0.3 is 15.3 Å². The monoisotopic (exact) mass is 247 g/mol. The molecule has 1 fully saturated rings. The number of hydrogen-bond donors (Lipinski definition) is 2. The minimum Gasteiger partial charge on any atom is -0.392 e. The Bertz CT molecular complexity index is 423. The summed E-state index contributed by atoms with van der Waals surface area (Å²) in [6.07, 6.45) is 2.03. The topological polar surface area (TPSA) is 38.7 Å². The quantitative estimate of drug-likeness (QED) is 0.834. The number of aliphatic hydroxyl groups is 1. The lowest BCUT2D eigenvalue weighted by Gasteiger charge is -2.39. The van der Waals surface area contributed by atoms with Crippen LogP contribution in [-0.2, 0) is 0 Å². The summed E-state index contributed by atoms with van der Waals surface area (Å²) in [5.74, 6) is 0. The molecule has 0 amide bonds. The average Bonchev–Trinajstić information content (AvgIpc) is 2.77. The van der Waals surface area contributed by atoms with Gasteiger partial charge in [0, 0.05) is 19.6 Å². The molecule has 4 nitrogen and oxygen atoms in total. The maximum absolute atomic E-state index is 9.83. The summed E-state index contributed by atoms with van der Waals surface area (Å²) in [4.78, 5) is 4.71. The maximum Gasteiger partial charge on any atom is 0.158 e. The van der Waals surface area contributed by atoms with Gasteiger partial charge in [-0.2, -0.15) is 0 Å². The molecule has 2 N–H and O–H groups in total. The Labute approximate surface area is 108 Å². The van der Waals surface area contributed by atoms with Crippen molar-refractivity contribution >= 4 is 11.4 Å². The molecular formula is C14H21N3O. The molecule has 0 aliphatic carbocycles. The lowest BCUT2D eigenvalue weighted by Crippen LogP contribution is -2.54.